The van der Waals surface area contributed by atoms with Crippen molar-refractivity contribution < 1.29 is 23.9 Å². The van der Waals surface area contributed by atoms with Crippen LogP contribution in [0.1, 0.15) is 25.3 Å². The summed E-state index contributed by atoms with van der Waals surface area (Å²) in [6.07, 6.45) is 4.74. The SMILES string of the molecule is Cc1c(Cl)cccc1NC(=O)COC(=O)[C@H](C)N1C(=O)[C@H]2CC=CC[C@@H]2C1=O. The Labute approximate surface area is 167 Å². The lowest BCUT2D eigenvalue weighted by molar-refractivity contribution is -0.159. The number of carbonyl (C=O) groups is 4. The Morgan fingerprint density at radius 1 is 1.21 bits per heavy atom. The molecule has 28 heavy (non-hydrogen) atoms. The van der Waals surface area contributed by atoms with Crippen LogP contribution in [0.15, 0.2) is 30.4 Å². The van der Waals surface area contributed by atoms with Crippen LogP contribution < -0.4 is 5.32 Å². The molecule has 1 aromatic rings. The number of nitrogens with one attached hydrogen (secondary N) is 1. The highest BCUT2D eigenvalue weighted by atomic mass is 35.5. The Bertz CT molecular complexity index is 840. The lowest BCUT2D eigenvalue weighted by atomic mass is 9.85. The smallest absolute Gasteiger partial charge is 0.329 e. The van der Waals surface area contributed by atoms with E-state index in [0.717, 1.165) is 4.90 Å². The van der Waals surface area contributed by atoms with Crippen LogP contribution in [0, 0.1) is 18.8 Å². The van der Waals surface area contributed by atoms with Gasteiger partial charge in [0, 0.05) is 10.7 Å². The van der Waals surface area contributed by atoms with Gasteiger partial charge in [0.15, 0.2) is 6.61 Å². The largest absolute Gasteiger partial charge is 0.454 e. The van der Waals surface area contributed by atoms with Crippen molar-refractivity contribution in [3.05, 3.63) is 40.9 Å². The first-order chi connectivity index (χ1) is 13.3. The number of allylic oxidation sites excluding steroid dienone is 2. The molecule has 1 aliphatic heterocycles. The predicted molar refractivity (Wildman–Crippen MR) is 102 cm³/mol. The minimum absolute atomic E-state index is 0.359. The maximum Gasteiger partial charge on any atom is 0.329 e. The fourth-order valence-electron chi connectivity index (χ4n) is 3.50. The number of hydrogen-bond donors (Lipinski definition) is 1. The van der Waals surface area contributed by atoms with Gasteiger partial charge in [-0.05, 0) is 44.4 Å². The van der Waals surface area contributed by atoms with E-state index in [-0.39, 0.29) is 11.8 Å². The molecule has 0 unspecified atom stereocenters. The topological polar surface area (TPSA) is 92.8 Å². The Hall–Kier alpha value is -2.67. The third-order valence-electron chi connectivity index (χ3n) is 5.16. The normalized spacial score (nSPS) is 22.0. The van der Waals surface area contributed by atoms with Gasteiger partial charge in [0.25, 0.3) is 5.91 Å². The second kappa shape index (κ2) is 8.14. The van der Waals surface area contributed by atoms with Crippen LogP contribution in [0.5, 0.6) is 0 Å². The van der Waals surface area contributed by atoms with Gasteiger partial charge in [0.05, 0.1) is 11.8 Å². The fourth-order valence-corrected chi connectivity index (χ4v) is 3.67. The van der Waals surface area contributed by atoms with Gasteiger partial charge < -0.3 is 10.1 Å². The first kappa shape index (κ1) is 20.1. The predicted octanol–water partition coefficient (Wildman–Crippen LogP) is 2.47. The highest BCUT2D eigenvalue weighted by Gasteiger charge is 2.50. The average Bonchev–Trinajstić information content (AvgIpc) is 2.94. The number of rotatable bonds is 5. The Kier molecular flexibility index (Phi) is 5.84. The van der Waals surface area contributed by atoms with Crippen molar-refractivity contribution in [2.45, 2.75) is 32.7 Å². The van der Waals surface area contributed by atoms with E-state index in [1.165, 1.54) is 6.92 Å². The molecule has 0 spiro atoms. The quantitative estimate of drug-likeness (QED) is 0.462. The van der Waals surface area contributed by atoms with Gasteiger partial charge in [-0.1, -0.05) is 29.8 Å². The molecule has 2 aliphatic rings. The van der Waals surface area contributed by atoms with E-state index < -0.39 is 36.4 Å². The first-order valence-corrected chi connectivity index (χ1v) is 9.42. The Morgan fingerprint density at radius 2 is 1.82 bits per heavy atom. The van der Waals surface area contributed by atoms with Gasteiger partial charge in [-0.25, -0.2) is 4.79 Å². The summed E-state index contributed by atoms with van der Waals surface area (Å²) in [5.41, 5.74) is 1.21. The van der Waals surface area contributed by atoms with Crippen molar-refractivity contribution in [1.29, 1.82) is 0 Å². The van der Waals surface area contributed by atoms with Crippen LogP contribution in [-0.4, -0.2) is 41.2 Å². The molecule has 7 nitrogen and oxygen atoms in total. The molecule has 1 heterocycles. The molecule has 0 aromatic heterocycles. The maximum absolute atomic E-state index is 12.5. The van der Waals surface area contributed by atoms with E-state index in [0.29, 0.717) is 29.1 Å². The lowest BCUT2D eigenvalue weighted by Crippen LogP contribution is -2.45. The zero-order valence-corrected chi connectivity index (χ0v) is 16.4. The fraction of sp³-hybridized carbons (Fsp3) is 0.400. The Balaban J connectivity index is 1.57. The second-order valence-corrected chi connectivity index (χ2v) is 7.35. The second-order valence-electron chi connectivity index (χ2n) is 6.95. The molecular formula is C20H21ClN2O5. The number of anilines is 1. The van der Waals surface area contributed by atoms with Crippen molar-refractivity contribution in [2.24, 2.45) is 11.8 Å². The number of ether oxygens (including phenoxy) is 1. The zero-order chi connectivity index (χ0) is 20.4. The summed E-state index contributed by atoms with van der Waals surface area (Å²) in [7, 11) is 0. The number of likely N-dealkylation sites (tertiary alicyclic amines) is 1. The average molecular weight is 405 g/mol. The van der Waals surface area contributed by atoms with E-state index in [9.17, 15) is 19.2 Å². The molecule has 3 rings (SSSR count). The van der Waals surface area contributed by atoms with Gasteiger partial charge in [-0.3, -0.25) is 19.3 Å². The molecule has 1 saturated heterocycles. The first-order valence-electron chi connectivity index (χ1n) is 9.04. The van der Waals surface area contributed by atoms with E-state index in [2.05, 4.69) is 5.32 Å². The standard InChI is InChI=1S/C20H21ClN2O5/c1-11-15(21)8-5-9-16(11)22-17(24)10-28-20(27)12(2)23-18(25)13-6-3-4-7-14(13)19(23)26/h3-5,8-9,12-14H,6-7,10H2,1-2H3,(H,22,24)/t12-,13-,14-/m0/s1. The van der Waals surface area contributed by atoms with E-state index >= 15 is 0 Å². The van der Waals surface area contributed by atoms with E-state index in [4.69, 9.17) is 16.3 Å². The highest BCUT2D eigenvalue weighted by Crippen LogP contribution is 2.36. The summed E-state index contributed by atoms with van der Waals surface area (Å²) in [4.78, 5) is 50.4. The third-order valence-corrected chi connectivity index (χ3v) is 5.57. The van der Waals surface area contributed by atoms with Crippen molar-refractivity contribution in [3.8, 4) is 0 Å². The van der Waals surface area contributed by atoms with E-state index in [1.807, 2.05) is 12.2 Å². The minimum atomic E-state index is -1.08. The zero-order valence-electron chi connectivity index (χ0n) is 15.6. The van der Waals surface area contributed by atoms with Crippen LogP contribution >= 0.6 is 11.6 Å². The Morgan fingerprint density at radius 3 is 2.43 bits per heavy atom. The van der Waals surface area contributed by atoms with Gasteiger partial charge >= 0.3 is 5.97 Å². The van der Waals surface area contributed by atoms with Crippen LogP contribution in [0.25, 0.3) is 0 Å². The molecule has 3 amide bonds. The van der Waals surface area contributed by atoms with Crippen LogP contribution in [0.4, 0.5) is 5.69 Å². The summed E-state index contributed by atoms with van der Waals surface area (Å²) < 4.78 is 5.02. The molecule has 1 fully saturated rings. The molecular weight excluding hydrogens is 384 g/mol. The number of fused-ring (bicyclic) bond motifs is 1. The molecule has 3 atom stereocenters. The van der Waals surface area contributed by atoms with Gasteiger partial charge in [0.2, 0.25) is 11.8 Å². The number of esters is 1. The molecule has 0 radical (unpaired) electrons. The highest BCUT2D eigenvalue weighted by molar-refractivity contribution is 6.31. The van der Waals surface area contributed by atoms with Crippen LogP contribution in [0.2, 0.25) is 5.02 Å². The lowest BCUT2D eigenvalue weighted by Gasteiger charge is -2.21. The minimum Gasteiger partial charge on any atom is -0.454 e. The van der Waals surface area contributed by atoms with Crippen molar-refractivity contribution in [2.75, 3.05) is 11.9 Å². The summed E-state index contributed by atoms with van der Waals surface area (Å²) in [6.45, 7) is 2.66. The number of imide groups is 1. The molecule has 1 N–H and O–H groups in total. The number of benzene rings is 1. The molecule has 0 saturated carbocycles. The van der Waals surface area contributed by atoms with Gasteiger partial charge in [-0.2, -0.15) is 0 Å². The molecule has 0 bridgehead atoms. The van der Waals surface area contributed by atoms with Crippen molar-refractivity contribution in [3.63, 3.8) is 0 Å². The summed E-state index contributed by atoms with van der Waals surface area (Å²) in [5, 5.41) is 3.12. The van der Waals surface area contributed by atoms with E-state index in [1.54, 1.807) is 25.1 Å². The number of nitrogens with zero attached hydrogens (tertiary/aromatic N) is 1. The number of hydrogen-bond acceptors (Lipinski definition) is 5. The monoisotopic (exact) mass is 404 g/mol. The van der Waals surface area contributed by atoms with Crippen molar-refractivity contribution in [1.82, 2.24) is 4.90 Å². The van der Waals surface area contributed by atoms with Gasteiger partial charge in [-0.15, -0.1) is 0 Å². The molecule has 1 aliphatic carbocycles. The van der Waals surface area contributed by atoms with Crippen LogP contribution in [0.3, 0.4) is 0 Å². The molecule has 1 aromatic carbocycles. The summed E-state index contributed by atoms with van der Waals surface area (Å²) in [6, 6.07) is 4.00. The number of halogens is 1. The maximum atomic E-state index is 12.5. The summed E-state index contributed by atoms with van der Waals surface area (Å²) >= 11 is 6.01. The van der Waals surface area contributed by atoms with Gasteiger partial charge in [0.1, 0.15) is 6.04 Å². The molecule has 148 valence electrons. The summed E-state index contributed by atoms with van der Waals surface area (Å²) in [5.74, 6) is -2.89. The van der Waals surface area contributed by atoms with Crippen molar-refractivity contribution >= 4 is 41.0 Å². The third kappa shape index (κ3) is 3.80. The number of amides is 3. The molecule has 8 heteroatoms. The number of carbonyl (C=O) groups excluding carboxylic acids is 4. The van der Waals surface area contributed by atoms with Crippen LogP contribution in [-0.2, 0) is 23.9 Å².